The van der Waals surface area contributed by atoms with Crippen LogP contribution in [-0.2, 0) is 22.0 Å². The molecule has 5 nitrogen and oxygen atoms in total. The van der Waals surface area contributed by atoms with Crippen molar-refractivity contribution < 1.29 is 18.3 Å². The highest BCUT2D eigenvalue weighted by molar-refractivity contribution is 7.89. The Morgan fingerprint density at radius 2 is 1.83 bits per heavy atom. The Kier molecular flexibility index (Phi) is 4.93. The number of carboxylic acids is 1. The lowest BCUT2D eigenvalue weighted by molar-refractivity contribution is 0.0694. The second-order valence-corrected chi connectivity index (χ2v) is 8.16. The topological polar surface area (TPSA) is 83.5 Å². The Bertz CT molecular complexity index is 805. The average molecular weight is 353 g/mol. The molecule has 0 saturated heterocycles. The molecule has 7 heteroatoms. The van der Waals surface area contributed by atoms with Gasteiger partial charge in [0.1, 0.15) is 0 Å². The maximum Gasteiger partial charge on any atom is 0.336 e. The highest BCUT2D eigenvalue weighted by atomic mass is 32.2. The average Bonchev–Trinajstić information content (AvgIpc) is 2.97. The van der Waals surface area contributed by atoms with Crippen molar-refractivity contribution in [3.8, 4) is 0 Å². The number of aryl methyl sites for hydroxylation is 1. The molecular formula is C16H19NO4S2. The lowest BCUT2D eigenvalue weighted by atomic mass is 9.95. The minimum absolute atomic E-state index is 0.115. The zero-order valence-electron chi connectivity index (χ0n) is 13.2. The molecule has 0 aliphatic carbocycles. The minimum Gasteiger partial charge on any atom is -0.478 e. The van der Waals surface area contributed by atoms with Gasteiger partial charge in [0.05, 0.1) is 16.0 Å². The van der Waals surface area contributed by atoms with Crippen LogP contribution in [0, 0.1) is 0 Å². The second kappa shape index (κ2) is 6.43. The molecule has 0 atom stereocenters. The Morgan fingerprint density at radius 3 is 2.35 bits per heavy atom. The molecule has 1 aromatic heterocycles. The molecule has 0 radical (unpaired) electrons. The van der Waals surface area contributed by atoms with E-state index < -0.39 is 21.5 Å². The van der Waals surface area contributed by atoms with Crippen molar-refractivity contribution in [3.63, 3.8) is 0 Å². The van der Waals surface area contributed by atoms with E-state index in [1.165, 1.54) is 16.7 Å². The number of nitrogens with one attached hydrogen (secondary N) is 1. The summed E-state index contributed by atoms with van der Waals surface area (Å²) in [5, 5.41) is 12.4. The van der Waals surface area contributed by atoms with Crippen molar-refractivity contribution in [1.29, 1.82) is 0 Å². The summed E-state index contributed by atoms with van der Waals surface area (Å²) in [4.78, 5) is 11.4. The Hall–Kier alpha value is -1.70. The first-order chi connectivity index (χ1) is 10.7. The zero-order valence-corrected chi connectivity index (χ0v) is 14.8. The Morgan fingerprint density at radius 1 is 1.22 bits per heavy atom. The summed E-state index contributed by atoms with van der Waals surface area (Å²) in [5.41, 5.74) is 0.581. The van der Waals surface area contributed by atoms with Gasteiger partial charge in [-0.2, -0.15) is 11.3 Å². The van der Waals surface area contributed by atoms with Gasteiger partial charge in [0, 0.05) is 5.38 Å². The number of carboxylic acid groups (broad SMARTS) is 1. The van der Waals surface area contributed by atoms with Gasteiger partial charge in [-0.3, -0.25) is 0 Å². The van der Waals surface area contributed by atoms with Crippen LogP contribution in [-0.4, -0.2) is 19.5 Å². The molecule has 0 aliphatic rings. The fraction of sp³-hybridized carbons (Fsp3) is 0.312. The summed E-state index contributed by atoms with van der Waals surface area (Å²) < 4.78 is 27.7. The summed E-state index contributed by atoms with van der Waals surface area (Å²) in [5.74, 6) is -1.07. The lowest BCUT2D eigenvalue weighted by Crippen LogP contribution is -2.41. The molecule has 2 N–H and O–H groups in total. The van der Waals surface area contributed by atoms with Crippen molar-refractivity contribution in [1.82, 2.24) is 4.72 Å². The fourth-order valence-electron chi connectivity index (χ4n) is 2.30. The van der Waals surface area contributed by atoms with E-state index in [4.69, 9.17) is 0 Å². The van der Waals surface area contributed by atoms with Gasteiger partial charge in [0.15, 0.2) is 0 Å². The predicted octanol–water partition coefficient (Wildman–Crippen LogP) is 3.22. The van der Waals surface area contributed by atoms with E-state index in [-0.39, 0.29) is 10.5 Å². The van der Waals surface area contributed by atoms with Gasteiger partial charge in [-0.15, -0.1) is 0 Å². The lowest BCUT2D eigenvalue weighted by Gasteiger charge is -2.26. The van der Waals surface area contributed by atoms with E-state index in [1.807, 2.05) is 6.92 Å². The molecule has 1 aromatic carbocycles. The van der Waals surface area contributed by atoms with Gasteiger partial charge in [-0.05, 0) is 48.9 Å². The maximum atomic E-state index is 12.6. The smallest absolute Gasteiger partial charge is 0.336 e. The number of aromatic carboxylic acids is 1. The van der Waals surface area contributed by atoms with E-state index in [0.717, 1.165) is 12.0 Å². The summed E-state index contributed by atoms with van der Waals surface area (Å²) in [6.45, 7) is 5.30. The number of carbonyl (C=O) groups is 1. The van der Waals surface area contributed by atoms with E-state index in [1.54, 1.807) is 43.5 Å². The molecule has 0 bridgehead atoms. The molecule has 2 aromatic rings. The number of hydrogen-bond donors (Lipinski definition) is 2. The third-order valence-corrected chi connectivity index (χ3v) is 6.01. The molecule has 0 spiro atoms. The Labute approximate surface area is 140 Å². The normalized spacial score (nSPS) is 12.3. The van der Waals surface area contributed by atoms with Crippen molar-refractivity contribution in [2.45, 2.75) is 37.6 Å². The van der Waals surface area contributed by atoms with E-state index in [9.17, 15) is 18.3 Å². The SMILES string of the molecule is CCc1ccc(S(=O)(=O)NC(C)(C)c2cscc2C(=O)O)cc1. The highest BCUT2D eigenvalue weighted by Gasteiger charge is 2.32. The predicted molar refractivity (Wildman–Crippen MR) is 90.4 cm³/mol. The van der Waals surface area contributed by atoms with Crippen LogP contribution >= 0.6 is 11.3 Å². The van der Waals surface area contributed by atoms with Gasteiger partial charge in [-0.1, -0.05) is 19.1 Å². The molecule has 0 saturated carbocycles. The van der Waals surface area contributed by atoms with E-state index >= 15 is 0 Å². The molecule has 0 aliphatic heterocycles. The largest absolute Gasteiger partial charge is 0.478 e. The van der Waals surface area contributed by atoms with Crippen molar-refractivity contribution in [2.75, 3.05) is 0 Å². The molecule has 0 fully saturated rings. The van der Waals surface area contributed by atoms with E-state index in [0.29, 0.717) is 5.56 Å². The van der Waals surface area contributed by atoms with Crippen LogP contribution in [0.1, 0.15) is 42.3 Å². The number of hydrogen-bond acceptors (Lipinski definition) is 4. The summed E-state index contributed by atoms with van der Waals surface area (Å²) in [6, 6.07) is 6.66. The quantitative estimate of drug-likeness (QED) is 0.835. The first kappa shape index (κ1) is 17.7. The fourth-order valence-corrected chi connectivity index (χ4v) is 4.68. The third kappa shape index (κ3) is 3.80. The molecule has 23 heavy (non-hydrogen) atoms. The maximum absolute atomic E-state index is 12.6. The number of thiophene rings is 1. The number of sulfonamides is 1. The van der Waals surface area contributed by atoms with Gasteiger partial charge in [0.2, 0.25) is 10.0 Å². The highest BCUT2D eigenvalue weighted by Crippen LogP contribution is 2.29. The molecule has 124 valence electrons. The van der Waals surface area contributed by atoms with Gasteiger partial charge >= 0.3 is 5.97 Å². The third-order valence-electron chi connectivity index (χ3n) is 3.60. The summed E-state index contributed by atoms with van der Waals surface area (Å²) >= 11 is 1.23. The second-order valence-electron chi connectivity index (χ2n) is 5.73. The van der Waals surface area contributed by atoms with Crippen LogP contribution in [0.4, 0.5) is 0 Å². The number of rotatable bonds is 6. The van der Waals surface area contributed by atoms with Crippen LogP contribution in [0.15, 0.2) is 39.9 Å². The van der Waals surface area contributed by atoms with Crippen molar-refractivity contribution in [2.24, 2.45) is 0 Å². The van der Waals surface area contributed by atoms with Crippen LogP contribution in [0.25, 0.3) is 0 Å². The van der Waals surface area contributed by atoms with Crippen molar-refractivity contribution >= 4 is 27.3 Å². The first-order valence-corrected chi connectivity index (χ1v) is 9.53. The molecule has 1 heterocycles. The molecular weight excluding hydrogens is 334 g/mol. The standard InChI is InChI=1S/C16H19NO4S2/c1-4-11-5-7-12(8-6-11)23(20,21)17-16(2,3)14-10-22-9-13(14)15(18)19/h5-10,17H,4H2,1-3H3,(H,18,19). The van der Waals surface area contributed by atoms with Crippen molar-refractivity contribution in [3.05, 3.63) is 51.7 Å². The van der Waals surface area contributed by atoms with Crippen LogP contribution in [0.3, 0.4) is 0 Å². The zero-order chi connectivity index (χ0) is 17.3. The monoisotopic (exact) mass is 353 g/mol. The van der Waals surface area contributed by atoms with Gasteiger partial charge in [0.25, 0.3) is 0 Å². The van der Waals surface area contributed by atoms with Gasteiger partial charge < -0.3 is 5.11 Å². The molecule has 0 unspecified atom stereocenters. The first-order valence-electron chi connectivity index (χ1n) is 7.10. The summed E-state index contributed by atoms with van der Waals surface area (Å²) in [7, 11) is -3.75. The van der Waals surface area contributed by atoms with Gasteiger partial charge in [-0.25, -0.2) is 17.9 Å². The minimum atomic E-state index is -3.75. The van der Waals surface area contributed by atoms with Crippen LogP contribution < -0.4 is 4.72 Å². The van der Waals surface area contributed by atoms with Crippen LogP contribution in [0.5, 0.6) is 0 Å². The Balaban J connectivity index is 2.34. The van der Waals surface area contributed by atoms with E-state index in [2.05, 4.69) is 4.72 Å². The molecule has 0 amide bonds. The van der Waals surface area contributed by atoms with Crippen LogP contribution in [0.2, 0.25) is 0 Å². The molecule has 2 rings (SSSR count). The summed E-state index contributed by atoms with van der Waals surface area (Å²) in [6.07, 6.45) is 0.829. The number of benzene rings is 1.